The molecule has 0 heterocycles. The van der Waals surface area contributed by atoms with Crippen molar-refractivity contribution in [3.63, 3.8) is 0 Å². The Morgan fingerprint density at radius 3 is 2.91 bits per heavy atom. The lowest BCUT2D eigenvalue weighted by molar-refractivity contribution is -0.115. The molecule has 0 saturated heterocycles. The molecule has 0 aromatic rings. The molecular weight excluding hydrogens is 136 g/mol. The fraction of sp³-hybridized carbons (Fsp3) is 0.700. The first-order valence-corrected chi connectivity index (χ1v) is 4.58. The zero-order valence-electron chi connectivity index (χ0n) is 6.81. The molecule has 1 saturated carbocycles. The van der Waals surface area contributed by atoms with E-state index in [4.69, 9.17) is 0 Å². The SMILES string of the molecule is O=C(CC1CC1)C1=CCCC1. The molecule has 11 heavy (non-hydrogen) atoms. The molecule has 0 aromatic heterocycles. The minimum absolute atomic E-state index is 0.435. The van der Waals surface area contributed by atoms with Crippen molar-refractivity contribution in [3.8, 4) is 0 Å². The van der Waals surface area contributed by atoms with E-state index in [1.807, 2.05) is 0 Å². The van der Waals surface area contributed by atoms with Crippen LogP contribution in [0.15, 0.2) is 11.6 Å². The maximum Gasteiger partial charge on any atom is 0.158 e. The van der Waals surface area contributed by atoms with Gasteiger partial charge in [0, 0.05) is 6.42 Å². The van der Waals surface area contributed by atoms with E-state index in [1.165, 1.54) is 19.3 Å². The van der Waals surface area contributed by atoms with Crippen LogP contribution in [0.3, 0.4) is 0 Å². The highest BCUT2D eigenvalue weighted by atomic mass is 16.1. The van der Waals surface area contributed by atoms with Gasteiger partial charge in [-0.25, -0.2) is 0 Å². The summed E-state index contributed by atoms with van der Waals surface area (Å²) in [6.07, 6.45) is 8.93. The molecule has 0 atom stereocenters. The average Bonchev–Trinajstić information content (AvgIpc) is 2.67. The third kappa shape index (κ3) is 1.70. The van der Waals surface area contributed by atoms with Crippen LogP contribution in [0, 0.1) is 5.92 Å². The Kier molecular flexibility index (Phi) is 1.80. The van der Waals surface area contributed by atoms with Crippen LogP contribution in [0.1, 0.15) is 38.5 Å². The first kappa shape index (κ1) is 7.08. The second-order valence-electron chi connectivity index (χ2n) is 3.69. The Hall–Kier alpha value is -0.590. The van der Waals surface area contributed by atoms with Gasteiger partial charge in [0.25, 0.3) is 0 Å². The molecule has 60 valence electrons. The minimum Gasteiger partial charge on any atom is -0.295 e. The van der Waals surface area contributed by atoms with E-state index in [-0.39, 0.29) is 0 Å². The van der Waals surface area contributed by atoms with Gasteiger partial charge >= 0.3 is 0 Å². The lowest BCUT2D eigenvalue weighted by atomic mass is 10.1. The number of Topliss-reactive ketones (excluding diaryl/α,β-unsaturated/α-hetero) is 1. The van der Waals surface area contributed by atoms with Gasteiger partial charge in [0.1, 0.15) is 0 Å². The van der Waals surface area contributed by atoms with Gasteiger partial charge in [-0.2, -0.15) is 0 Å². The van der Waals surface area contributed by atoms with Crippen molar-refractivity contribution in [2.75, 3.05) is 0 Å². The summed E-state index contributed by atoms with van der Waals surface area (Å²) in [4.78, 5) is 11.4. The van der Waals surface area contributed by atoms with Gasteiger partial charge in [0.05, 0.1) is 0 Å². The van der Waals surface area contributed by atoms with Gasteiger partial charge in [0.2, 0.25) is 0 Å². The number of carbonyl (C=O) groups is 1. The Labute approximate surface area is 67.5 Å². The van der Waals surface area contributed by atoms with Crippen LogP contribution >= 0.6 is 0 Å². The number of carbonyl (C=O) groups excluding carboxylic acids is 1. The number of ketones is 1. The van der Waals surface area contributed by atoms with E-state index in [9.17, 15) is 4.79 Å². The standard InChI is InChI=1S/C10H14O/c11-10(7-8-5-6-8)9-3-1-2-4-9/h3,8H,1-2,4-7H2. The highest BCUT2D eigenvalue weighted by Crippen LogP contribution is 2.34. The third-order valence-electron chi connectivity index (χ3n) is 2.57. The second-order valence-corrected chi connectivity index (χ2v) is 3.69. The van der Waals surface area contributed by atoms with E-state index in [2.05, 4.69) is 6.08 Å². The van der Waals surface area contributed by atoms with Crippen LogP contribution in [0.2, 0.25) is 0 Å². The highest BCUT2D eigenvalue weighted by molar-refractivity contribution is 5.95. The first-order valence-electron chi connectivity index (χ1n) is 4.58. The molecular formula is C10H14O. The Morgan fingerprint density at radius 1 is 1.55 bits per heavy atom. The van der Waals surface area contributed by atoms with Crippen LogP contribution in [-0.4, -0.2) is 5.78 Å². The summed E-state index contributed by atoms with van der Waals surface area (Å²) < 4.78 is 0. The fourth-order valence-corrected chi connectivity index (χ4v) is 1.64. The number of hydrogen-bond acceptors (Lipinski definition) is 1. The van der Waals surface area contributed by atoms with Crippen molar-refractivity contribution in [1.29, 1.82) is 0 Å². The van der Waals surface area contributed by atoms with Gasteiger partial charge in [-0.05, 0) is 43.6 Å². The summed E-state index contributed by atoms with van der Waals surface area (Å²) in [5.74, 6) is 1.19. The quantitative estimate of drug-likeness (QED) is 0.604. The van der Waals surface area contributed by atoms with Gasteiger partial charge in [-0.15, -0.1) is 0 Å². The van der Waals surface area contributed by atoms with Crippen LogP contribution < -0.4 is 0 Å². The van der Waals surface area contributed by atoms with Crippen molar-refractivity contribution >= 4 is 5.78 Å². The van der Waals surface area contributed by atoms with Crippen molar-refractivity contribution < 1.29 is 4.79 Å². The van der Waals surface area contributed by atoms with Crippen LogP contribution in [0.5, 0.6) is 0 Å². The molecule has 1 heteroatoms. The van der Waals surface area contributed by atoms with E-state index in [0.717, 1.165) is 30.8 Å². The summed E-state index contributed by atoms with van der Waals surface area (Å²) in [7, 11) is 0. The Morgan fingerprint density at radius 2 is 2.36 bits per heavy atom. The van der Waals surface area contributed by atoms with Crippen molar-refractivity contribution in [2.45, 2.75) is 38.5 Å². The van der Waals surface area contributed by atoms with Crippen LogP contribution in [-0.2, 0) is 4.79 Å². The molecule has 1 nitrogen and oxygen atoms in total. The highest BCUT2D eigenvalue weighted by Gasteiger charge is 2.26. The molecule has 2 aliphatic carbocycles. The summed E-state index contributed by atoms with van der Waals surface area (Å²) >= 11 is 0. The molecule has 0 spiro atoms. The van der Waals surface area contributed by atoms with E-state index in [0.29, 0.717) is 5.78 Å². The third-order valence-corrected chi connectivity index (χ3v) is 2.57. The van der Waals surface area contributed by atoms with Crippen molar-refractivity contribution in [1.82, 2.24) is 0 Å². The molecule has 0 unspecified atom stereocenters. The second kappa shape index (κ2) is 2.80. The molecule has 0 aliphatic heterocycles. The zero-order chi connectivity index (χ0) is 7.68. The van der Waals surface area contributed by atoms with Gasteiger partial charge in [-0.1, -0.05) is 6.08 Å². The van der Waals surface area contributed by atoms with E-state index >= 15 is 0 Å². The van der Waals surface area contributed by atoms with Crippen LogP contribution in [0.4, 0.5) is 0 Å². The largest absolute Gasteiger partial charge is 0.295 e. The molecule has 0 N–H and O–H groups in total. The van der Waals surface area contributed by atoms with Gasteiger partial charge in [0.15, 0.2) is 5.78 Å². The van der Waals surface area contributed by atoms with Crippen molar-refractivity contribution in [2.24, 2.45) is 5.92 Å². The smallest absolute Gasteiger partial charge is 0.158 e. The molecule has 1 fully saturated rings. The molecule has 0 amide bonds. The topological polar surface area (TPSA) is 17.1 Å². The van der Waals surface area contributed by atoms with Gasteiger partial charge < -0.3 is 0 Å². The molecule has 2 rings (SSSR count). The summed E-state index contributed by atoms with van der Waals surface area (Å²) in [5, 5.41) is 0. The summed E-state index contributed by atoms with van der Waals surface area (Å²) in [6, 6.07) is 0. The lowest BCUT2D eigenvalue weighted by Gasteiger charge is -1.97. The first-order chi connectivity index (χ1) is 5.36. The Bertz CT molecular complexity index is 199. The summed E-state index contributed by atoms with van der Waals surface area (Å²) in [5.41, 5.74) is 1.12. The fourth-order valence-electron chi connectivity index (χ4n) is 1.64. The molecule has 0 aromatic carbocycles. The minimum atomic E-state index is 0.435. The number of hydrogen-bond donors (Lipinski definition) is 0. The number of rotatable bonds is 3. The maximum absolute atomic E-state index is 11.4. The summed E-state index contributed by atoms with van der Waals surface area (Å²) in [6.45, 7) is 0. The van der Waals surface area contributed by atoms with Gasteiger partial charge in [-0.3, -0.25) is 4.79 Å². The van der Waals surface area contributed by atoms with Crippen molar-refractivity contribution in [3.05, 3.63) is 11.6 Å². The number of allylic oxidation sites excluding steroid dienone is 2. The average molecular weight is 150 g/mol. The predicted octanol–water partition coefficient (Wildman–Crippen LogP) is 2.47. The molecule has 2 aliphatic rings. The molecule has 0 radical (unpaired) electrons. The Balaban J connectivity index is 1.87. The lowest BCUT2D eigenvalue weighted by Crippen LogP contribution is -2.00. The van der Waals surface area contributed by atoms with E-state index < -0.39 is 0 Å². The predicted molar refractivity (Wildman–Crippen MR) is 44.3 cm³/mol. The molecule has 0 bridgehead atoms. The van der Waals surface area contributed by atoms with Crippen LogP contribution in [0.25, 0.3) is 0 Å². The normalized spacial score (nSPS) is 23.5. The van der Waals surface area contributed by atoms with E-state index in [1.54, 1.807) is 0 Å². The maximum atomic E-state index is 11.4. The monoisotopic (exact) mass is 150 g/mol. The zero-order valence-corrected chi connectivity index (χ0v) is 6.81.